The van der Waals surface area contributed by atoms with Gasteiger partial charge in [0.15, 0.2) is 0 Å². The lowest BCUT2D eigenvalue weighted by atomic mass is 9.99. The molecule has 2 rings (SSSR count). The fraction of sp³-hybridized carbons (Fsp3) is 0.571. The standard InChI is InChI=1S/C14H21N3O/c1-10(11-4-2-3-5-11)17-14(18)12-6-7-16-13(8-12)9-15/h6-8,10-11H,2-5,9,15H2,1H3,(H,17,18). The number of nitrogens with one attached hydrogen (secondary N) is 1. The molecule has 0 bridgehead atoms. The van der Waals surface area contributed by atoms with Gasteiger partial charge in [0.25, 0.3) is 5.91 Å². The minimum atomic E-state index is -0.0218. The van der Waals surface area contributed by atoms with Gasteiger partial charge in [0.05, 0.1) is 5.69 Å². The summed E-state index contributed by atoms with van der Waals surface area (Å²) in [6.07, 6.45) is 6.67. The number of hydrogen-bond donors (Lipinski definition) is 2. The molecule has 3 N–H and O–H groups in total. The predicted molar refractivity (Wildman–Crippen MR) is 71.0 cm³/mol. The number of nitrogens with zero attached hydrogens (tertiary/aromatic N) is 1. The summed E-state index contributed by atoms with van der Waals surface area (Å²) >= 11 is 0. The minimum absolute atomic E-state index is 0.0218. The molecule has 0 spiro atoms. The van der Waals surface area contributed by atoms with E-state index in [0.29, 0.717) is 18.0 Å². The molecule has 18 heavy (non-hydrogen) atoms. The Morgan fingerprint density at radius 3 is 2.94 bits per heavy atom. The van der Waals surface area contributed by atoms with E-state index in [-0.39, 0.29) is 11.9 Å². The van der Waals surface area contributed by atoms with E-state index in [1.54, 1.807) is 18.3 Å². The summed E-state index contributed by atoms with van der Waals surface area (Å²) in [4.78, 5) is 16.2. The number of aromatic nitrogens is 1. The van der Waals surface area contributed by atoms with Gasteiger partial charge in [-0.05, 0) is 37.8 Å². The number of pyridine rings is 1. The van der Waals surface area contributed by atoms with Crippen LogP contribution in [-0.4, -0.2) is 16.9 Å². The average molecular weight is 247 g/mol. The zero-order chi connectivity index (χ0) is 13.0. The van der Waals surface area contributed by atoms with Crippen molar-refractivity contribution in [1.82, 2.24) is 10.3 Å². The minimum Gasteiger partial charge on any atom is -0.349 e. The Hall–Kier alpha value is -1.42. The molecule has 0 saturated heterocycles. The molecule has 0 radical (unpaired) electrons. The van der Waals surface area contributed by atoms with Gasteiger partial charge in [0, 0.05) is 24.3 Å². The maximum absolute atomic E-state index is 12.1. The summed E-state index contributed by atoms with van der Waals surface area (Å²) in [7, 11) is 0. The van der Waals surface area contributed by atoms with Gasteiger partial charge in [-0.2, -0.15) is 0 Å². The molecule has 1 aromatic rings. The van der Waals surface area contributed by atoms with E-state index < -0.39 is 0 Å². The lowest BCUT2D eigenvalue weighted by molar-refractivity contribution is 0.0927. The quantitative estimate of drug-likeness (QED) is 0.853. The van der Waals surface area contributed by atoms with Crippen LogP contribution in [-0.2, 0) is 6.54 Å². The normalized spacial score (nSPS) is 17.7. The second kappa shape index (κ2) is 5.96. The van der Waals surface area contributed by atoms with Crippen molar-refractivity contribution in [2.75, 3.05) is 0 Å². The fourth-order valence-electron chi connectivity index (χ4n) is 2.60. The maximum Gasteiger partial charge on any atom is 0.251 e. The Balaban J connectivity index is 1.97. The number of rotatable bonds is 4. The van der Waals surface area contributed by atoms with Gasteiger partial charge in [-0.15, -0.1) is 0 Å². The van der Waals surface area contributed by atoms with Crippen LogP contribution in [0.5, 0.6) is 0 Å². The van der Waals surface area contributed by atoms with E-state index in [0.717, 1.165) is 5.69 Å². The smallest absolute Gasteiger partial charge is 0.251 e. The van der Waals surface area contributed by atoms with Crippen molar-refractivity contribution < 1.29 is 4.79 Å². The first-order valence-electron chi connectivity index (χ1n) is 6.66. The van der Waals surface area contributed by atoms with Crippen molar-refractivity contribution in [3.63, 3.8) is 0 Å². The molecule has 1 fully saturated rings. The van der Waals surface area contributed by atoms with Crippen molar-refractivity contribution in [2.45, 2.75) is 45.2 Å². The molecule has 1 atom stereocenters. The molecule has 0 aromatic carbocycles. The summed E-state index contributed by atoms with van der Waals surface area (Å²) in [5.41, 5.74) is 6.92. The molecule has 98 valence electrons. The Labute approximate surface area is 108 Å². The summed E-state index contributed by atoms with van der Waals surface area (Å²) in [5, 5.41) is 3.08. The molecular formula is C14H21N3O. The van der Waals surface area contributed by atoms with Crippen LogP contribution >= 0.6 is 0 Å². The first-order valence-corrected chi connectivity index (χ1v) is 6.66. The lowest BCUT2D eigenvalue weighted by Gasteiger charge is -2.20. The highest BCUT2D eigenvalue weighted by molar-refractivity contribution is 5.94. The highest BCUT2D eigenvalue weighted by Crippen LogP contribution is 2.27. The second-order valence-corrected chi connectivity index (χ2v) is 5.05. The molecule has 1 aliphatic rings. The molecule has 0 aliphatic heterocycles. The summed E-state index contributed by atoms with van der Waals surface area (Å²) in [6, 6.07) is 3.74. The third-order valence-corrected chi connectivity index (χ3v) is 3.75. The highest BCUT2D eigenvalue weighted by atomic mass is 16.1. The van der Waals surface area contributed by atoms with Crippen LogP contribution in [0.4, 0.5) is 0 Å². The largest absolute Gasteiger partial charge is 0.349 e. The Kier molecular flexibility index (Phi) is 4.31. The van der Waals surface area contributed by atoms with Gasteiger partial charge >= 0.3 is 0 Å². The maximum atomic E-state index is 12.1. The van der Waals surface area contributed by atoms with Gasteiger partial charge in [-0.3, -0.25) is 9.78 Å². The van der Waals surface area contributed by atoms with Crippen molar-refractivity contribution in [3.05, 3.63) is 29.6 Å². The van der Waals surface area contributed by atoms with Crippen LogP contribution in [0.1, 0.15) is 48.7 Å². The summed E-state index contributed by atoms with van der Waals surface area (Å²) in [6.45, 7) is 2.46. The first kappa shape index (κ1) is 13.0. The van der Waals surface area contributed by atoms with Crippen LogP contribution in [0.3, 0.4) is 0 Å². The van der Waals surface area contributed by atoms with Gasteiger partial charge in [-0.1, -0.05) is 12.8 Å². The zero-order valence-electron chi connectivity index (χ0n) is 10.9. The van der Waals surface area contributed by atoms with Gasteiger partial charge in [-0.25, -0.2) is 0 Å². The van der Waals surface area contributed by atoms with E-state index in [9.17, 15) is 4.79 Å². The van der Waals surface area contributed by atoms with Crippen LogP contribution in [0, 0.1) is 5.92 Å². The number of carbonyl (C=O) groups is 1. The molecule has 1 heterocycles. The van der Waals surface area contributed by atoms with Crippen molar-refractivity contribution in [2.24, 2.45) is 11.7 Å². The second-order valence-electron chi connectivity index (χ2n) is 5.05. The number of hydrogen-bond acceptors (Lipinski definition) is 3. The number of nitrogens with two attached hydrogens (primary N) is 1. The molecule has 1 unspecified atom stereocenters. The SMILES string of the molecule is CC(NC(=O)c1ccnc(CN)c1)C1CCCC1. The molecule has 1 aromatic heterocycles. The molecular weight excluding hydrogens is 226 g/mol. The fourth-order valence-corrected chi connectivity index (χ4v) is 2.60. The zero-order valence-corrected chi connectivity index (χ0v) is 10.9. The predicted octanol–water partition coefficient (Wildman–Crippen LogP) is 1.85. The topological polar surface area (TPSA) is 68.0 Å². The van der Waals surface area contributed by atoms with Gasteiger partial charge in [0.2, 0.25) is 0 Å². The van der Waals surface area contributed by atoms with Crippen molar-refractivity contribution >= 4 is 5.91 Å². The van der Waals surface area contributed by atoms with Crippen LogP contribution in [0.2, 0.25) is 0 Å². The number of carbonyl (C=O) groups excluding carboxylic acids is 1. The highest BCUT2D eigenvalue weighted by Gasteiger charge is 2.23. The van der Waals surface area contributed by atoms with E-state index >= 15 is 0 Å². The van der Waals surface area contributed by atoms with Crippen LogP contribution in [0.15, 0.2) is 18.3 Å². The summed E-state index contributed by atoms with van der Waals surface area (Å²) in [5.74, 6) is 0.608. The third kappa shape index (κ3) is 3.07. The molecule has 4 nitrogen and oxygen atoms in total. The molecule has 1 saturated carbocycles. The molecule has 1 aliphatic carbocycles. The van der Waals surface area contributed by atoms with Crippen molar-refractivity contribution in [3.8, 4) is 0 Å². The monoisotopic (exact) mass is 247 g/mol. The Bertz CT molecular complexity index is 413. The van der Waals surface area contributed by atoms with E-state index in [1.807, 2.05) is 0 Å². The third-order valence-electron chi connectivity index (χ3n) is 3.75. The van der Waals surface area contributed by atoms with Gasteiger partial charge in [0.1, 0.15) is 0 Å². The first-order chi connectivity index (χ1) is 8.70. The van der Waals surface area contributed by atoms with Crippen LogP contribution < -0.4 is 11.1 Å². The van der Waals surface area contributed by atoms with Gasteiger partial charge < -0.3 is 11.1 Å². The lowest BCUT2D eigenvalue weighted by Crippen LogP contribution is -2.37. The van der Waals surface area contributed by atoms with Crippen molar-refractivity contribution in [1.29, 1.82) is 0 Å². The van der Waals surface area contributed by atoms with E-state index in [2.05, 4.69) is 17.2 Å². The number of amides is 1. The van der Waals surface area contributed by atoms with Crippen LogP contribution in [0.25, 0.3) is 0 Å². The average Bonchev–Trinajstić information content (AvgIpc) is 2.92. The molecule has 1 amide bonds. The molecule has 4 heteroatoms. The van der Waals surface area contributed by atoms with E-state index in [1.165, 1.54) is 25.7 Å². The Morgan fingerprint density at radius 2 is 2.28 bits per heavy atom. The Morgan fingerprint density at radius 1 is 1.56 bits per heavy atom. The van der Waals surface area contributed by atoms with E-state index in [4.69, 9.17) is 5.73 Å². The summed E-state index contributed by atoms with van der Waals surface area (Å²) < 4.78 is 0.